The van der Waals surface area contributed by atoms with E-state index in [9.17, 15) is 4.39 Å². The van der Waals surface area contributed by atoms with Crippen LogP contribution in [0.5, 0.6) is 0 Å². The Morgan fingerprint density at radius 1 is 1.50 bits per heavy atom. The molecule has 0 spiro atoms. The Morgan fingerprint density at radius 2 is 2.22 bits per heavy atom. The molecule has 0 radical (unpaired) electrons. The summed E-state index contributed by atoms with van der Waals surface area (Å²) in [6.07, 6.45) is 3.29. The third-order valence-corrected chi connectivity index (χ3v) is 3.04. The van der Waals surface area contributed by atoms with Crippen LogP contribution in [0.25, 0.3) is 0 Å². The van der Waals surface area contributed by atoms with Crippen LogP contribution in [0.1, 0.15) is 23.7 Å². The molecule has 0 aliphatic rings. The Labute approximate surface area is 104 Å². The molecule has 1 aromatic carbocycles. The number of imidazole rings is 1. The highest BCUT2D eigenvalue weighted by atomic mass is 19.1. The molecule has 0 fully saturated rings. The number of halogens is 1. The van der Waals surface area contributed by atoms with Crippen LogP contribution in [0.2, 0.25) is 0 Å². The molecule has 0 aliphatic carbocycles. The van der Waals surface area contributed by atoms with Crippen molar-refractivity contribution in [3.05, 3.63) is 53.4 Å². The van der Waals surface area contributed by atoms with Gasteiger partial charge in [-0.15, -0.1) is 0 Å². The summed E-state index contributed by atoms with van der Waals surface area (Å²) in [5.41, 5.74) is 6.78. The quantitative estimate of drug-likeness (QED) is 0.873. The fraction of sp³-hybridized carbons (Fsp3) is 0.231. The highest BCUT2D eigenvalue weighted by Gasteiger charge is 2.27. The first-order valence-corrected chi connectivity index (χ1v) is 5.42. The number of nitrogens with zero attached hydrogens (tertiary/aromatic N) is 3. The smallest absolute Gasteiger partial charge is 0.141 e. The molecule has 0 saturated heterocycles. The number of hydrogen-bond acceptors (Lipinski definition) is 3. The molecule has 2 aromatic rings. The highest BCUT2D eigenvalue weighted by molar-refractivity contribution is 5.39. The summed E-state index contributed by atoms with van der Waals surface area (Å²) in [4.78, 5) is 4.01. The Balaban J connectivity index is 2.52. The molecule has 5 heteroatoms. The maximum absolute atomic E-state index is 13.6. The van der Waals surface area contributed by atoms with Crippen LogP contribution in [0.4, 0.5) is 4.39 Å². The van der Waals surface area contributed by atoms with Crippen molar-refractivity contribution in [2.45, 2.75) is 12.5 Å². The van der Waals surface area contributed by atoms with Gasteiger partial charge in [0, 0.05) is 7.05 Å². The van der Waals surface area contributed by atoms with Gasteiger partial charge < -0.3 is 10.3 Å². The van der Waals surface area contributed by atoms with Gasteiger partial charge in [0.2, 0.25) is 0 Å². The van der Waals surface area contributed by atoms with Gasteiger partial charge in [-0.1, -0.05) is 6.07 Å². The minimum atomic E-state index is -0.861. The fourth-order valence-corrected chi connectivity index (χ4v) is 1.93. The molecule has 0 saturated carbocycles. The zero-order valence-corrected chi connectivity index (χ0v) is 10.2. The second-order valence-corrected chi connectivity index (χ2v) is 4.40. The highest BCUT2D eigenvalue weighted by Crippen LogP contribution is 2.27. The molecule has 1 heterocycles. The summed E-state index contributed by atoms with van der Waals surface area (Å²) in [5.74, 6) is -0.561. The van der Waals surface area contributed by atoms with Gasteiger partial charge in [0.25, 0.3) is 0 Å². The van der Waals surface area contributed by atoms with Gasteiger partial charge in [-0.05, 0) is 24.6 Å². The average Bonchev–Trinajstić information content (AvgIpc) is 2.76. The molecule has 0 aliphatic heterocycles. The predicted molar refractivity (Wildman–Crippen MR) is 65.0 cm³/mol. The van der Waals surface area contributed by atoms with Gasteiger partial charge in [-0.2, -0.15) is 5.26 Å². The van der Waals surface area contributed by atoms with Gasteiger partial charge in [-0.25, -0.2) is 9.37 Å². The normalized spacial score (nSPS) is 13.9. The molecule has 0 unspecified atom stereocenters. The monoisotopic (exact) mass is 244 g/mol. The average molecular weight is 244 g/mol. The molecular weight excluding hydrogens is 231 g/mol. The molecule has 4 nitrogen and oxygen atoms in total. The maximum Gasteiger partial charge on any atom is 0.141 e. The number of nitriles is 1. The summed E-state index contributed by atoms with van der Waals surface area (Å²) in [7, 11) is 1.83. The molecule has 2 rings (SSSR count). The van der Waals surface area contributed by atoms with Gasteiger partial charge >= 0.3 is 0 Å². The van der Waals surface area contributed by atoms with E-state index in [-0.39, 0.29) is 5.56 Å². The summed E-state index contributed by atoms with van der Waals surface area (Å²) in [6, 6.07) is 6.18. The van der Waals surface area contributed by atoms with Crippen molar-refractivity contribution in [2.24, 2.45) is 12.8 Å². The van der Waals surface area contributed by atoms with E-state index in [1.54, 1.807) is 36.2 Å². The van der Waals surface area contributed by atoms with Crippen molar-refractivity contribution in [1.29, 1.82) is 5.26 Å². The zero-order valence-electron chi connectivity index (χ0n) is 10.2. The molecule has 2 N–H and O–H groups in total. The number of hydrogen-bond donors (Lipinski definition) is 1. The third-order valence-electron chi connectivity index (χ3n) is 3.04. The lowest BCUT2D eigenvalue weighted by Gasteiger charge is -2.25. The minimum absolute atomic E-state index is 0.0135. The summed E-state index contributed by atoms with van der Waals surface area (Å²) >= 11 is 0. The summed E-state index contributed by atoms with van der Waals surface area (Å²) < 4.78 is 15.4. The van der Waals surface area contributed by atoms with Crippen LogP contribution in [-0.4, -0.2) is 9.55 Å². The largest absolute Gasteiger partial charge is 0.336 e. The zero-order chi connectivity index (χ0) is 13.3. The number of rotatable bonds is 2. The SMILES string of the molecule is Cn1cncc1[C@@](C)(N)c1ccc(C#N)c(F)c1. The number of aryl methyl sites for hydroxylation is 1. The third kappa shape index (κ3) is 1.87. The van der Waals surface area contributed by atoms with Crippen molar-refractivity contribution in [2.75, 3.05) is 0 Å². The molecule has 18 heavy (non-hydrogen) atoms. The van der Waals surface area contributed by atoms with Crippen LogP contribution in [0.3, 0.4) is 0 Å². The Morgan fingerprint density at radius 3 is 2.72 bits per heavy atom. The molecule has 92 valence electrons. The van der Waals surface area contributed by atoms with Gasteiger partial charge in [-0.3, -0.25) is 0 Å². The summed E-state index contributed by atoms with van der Waals surface area (Å²) in [6.45, 7) is 1.78. The number of nitrogens with two attached hydrogens (primary N) is 1. The van der Waals surface area contributed by atoms with Crippen LogP contribution in [-0.2, 0) is 12.6 Å². The van der Waals surface area contributed by atoms with Crippen LogP contribution in [0, 0.1) is 17.1 Å². The van der Waals surface area contributed by atoms with Gasteiger partial charge in [0.05, 0.1) is 29.3 Å². The van der Waals surface area contributed by atoms with E-state index in [1.807, 2.05) is 7.05 Å². The Hall–Kier alpha value is -2.19. The first-order valence-electron chi connectivity index (χ1n) is 5.42. The van der Waals surface area contributed by atoms with E-state index in [2.05, 4.69) is 4.98 Å². The second-order valence-electron chi connectivity index (χ2n) is 4.40. The number of aromatic nitrogens is 2. The molecule has 1 atom stereocenters. The topological polar surface area (TPSA) is 67.6 Å². The Bertz CT molecular complexity index is 622. The van der Waals surface area contributed by atoms with Gasteiger partial charge in [0.15, 0.2) is 0 Å². The van der Waals surface area contributed by atoms with E-state index in [0.29, 0.717) is 5.56 Å². The molecule has 1 aromatic heterocycles. The number of benzene rings is 1. The van der Waals surface area contributed by atoms with E-state index < -0.39 is 11.4 Å². The van der Waals surface area contributed by atoms with Crippen molar-refractivity contribution in [1.82, 2.24) is 9.55 Å². The molecule has 0 amide bonds. The van der Waals surface area contributed by atoms with E-state index in [1.165, 1.54) is 12.1 Å². The van der Waals surface area contributed by atoms with E-state index in [0.717, 1.165) is 5.69 Å². The van der Waals surface area contributed by atoms with Crippen molar-refractivity contribution in [3.8, 4) is 6.07 Å². The van der Waals surface area contributed by atoms with Gasteiger partial charge in [0.1, 0.15) is 11.9 Å². The first-order chi connectivity index (χ1) is 8.46. The summed E-state index contributed by atoms with van der Waals surface area (Å²) in [5, 5.41) is 8.70. The van der Waals surface area contributed by atoms with Crippen LogP contribution >= 0.6 is 0 Å². The fourth-order valence-electron chi connectivity index (χ4n) is 1.93. The van der Waals surface area contributed by atoms with Crippen molar-refractivity contribution in [3.63, 3.8) is 0 Å². The molecular formula is C13H13FN4. The lowest BCUT2D eigenvalue weighted by molar-refractivity contribution is 0.544. The standard InChI is InChI=1S/C13H13FN4/c1-13(16,12-7-17-8-18(12)2)10-4-3-9(6-15)11(14)5-10/h3-5,7-8H,16H2,1-2H3/t13-/m0/s1. The minimum Gasteiger partial charge on any atom is -0.336 e. The van der Waals surface area contributed by atoms with E-state index >= 15 is 0 Å². The second kappa shape index (κ2) is 4.24. The lowest BCUT2D eigenvalue weighted by Crippen LogP contribution is -2.36. The predicted octanol–water partition coefficient (Wildman–Crippen LogP) is 1.65. The van der Waals surface area contributed by atoms with Crippen LogP contribution < -0.4 is 5.73 Å². The van der Waals surface area contributed by atoms with E-state index in [4.69, 9.17) is 11.0 Å². The molecule has 0 bridgehead atoms. The van der Waals surface area contributed by atoms with Crippen molar-refractivity contribution < 1.29 is 4.39 Å². The van der Waals surface area contributed by atoms with Crippen molar-refractivity contribution >= 4 is 0 Å². The Kier molecular flexibility index (Phi) is 2.89. The van der Waals surface area contributed by atoms with Crippen LogP contribution in [0.15, 0.2) is 30.7 Å². The lowest BCUT2D eigenvalue weighted by atomic mass is 9.89. The maximum atomic E-state index is 13.6. The first kappa shape index (κ1) is 12.3.